The molecule has 1 aromatic rings. The zero-order chi connectivity index (χ0) is 12.1. The molecule has 16 heavy (non-hydrogen) atoms. The third-order valence-electron chi connectivity index (χ3n) is 2.27. The number of nitrogens with two attached hydrogens (primary N) is 1. The number of nitrogens with zero attached hydrogens (tertiary/aromatic N) is 1. The maximum Gasteiger partial charge on any atom is 0.184 e. The van der Waals surface area contributed by atoms with Gasteiger partial charge < -0.3 is 10.5 Å². The van der Waals surface area contributed by atoms with E-state index in [-0.39, 0.29) is 11.8 Å². The Morgan fingerprint density at radius 3 is 2.69 bits per heavy atom. The third-order valence-corrected chi connectivity index (χ3v) is 2.27. The molecule has 3 nitrogen and oxygen atoms in total. The summed E-state index contributed by atoms with van der Waals surface area (Å²) in [6, 6.07) is 6.28. The fourth-order valence-corrected chi connectivity index (χ4v) is 1.25. The highest BCUT2D eigenvalue weighted by Crippen LogP contribution is 2.22. The van der Waals surface area contributed by atoms with Gasteiger partial charge in [0.25, 0.3) is 0 Å². The molecule has 4 heteroatoms. The minimum atomic E-state index is -0.615. The van der Waals surface area contributed by atoms with Crippen LogP contribution in [0.3, 0.4) is 0 Å². The molecule has 86 valence electrons. The van der Waals surface area contributed by atoms with E-state index in [1.807, 2.05) is 13.0 Å². The van der Waals surface area contributed by atoms with E-state index in [1.54, 1.807) is 13.0 Å². The van der Waals surface area contributed by atoms with Crippen molar-refractivity contribution in [2.24, 2.45) is 5.73 Å². The van der Waals surface area contributed by atoms with Gasteiger partial charge in [0.1, 0.15) is 6.07 Å². The van der Waals surface area contributed by atoms with Crippen molar-refractivity contribution in [2.45, 2.75) is 32.4 Å². The molecule has 1 aromatic carbocycles. The topological polar surface area (TPSA) is 59.0 Å². The van der Waals surface area contributed by atoms with Crippen LogP contribution in [0, 0.1) is 17.1 Å². The SMILES string of the molecule is CCC(C#N)Oc1ccc([C@H](C)N)cc1F. The number of hydrogen-bond acceptors (Lipinski definition) is 3. The van der Waals surface area contributed by atoms with E-state index in [0.29, 0.717) is 12.0 Å². The molecule has 1 rings (SSSR count). The first-order valence-electron chi connectivity index (χ1n) is 5.19. The number of nitriles is 1. The lowest BCUT2D eigenvalue weighted by atomic mass is 10.1. The zero-order valence-electron chi connectivity index (χ0n) is 9.40. The van der Waals surface area contributed by atoms with E-state index in [2.05, 4.69) is 0 Å². The average Bonchev–Trinajstić information content (AvgIpc) is 2.27. The number of rotatable bonds is 4. The Labute approximate surface area is 94.6 Å². The van der Waals surface area contributed by atoms with Gasteiger partial charge in [-0.2, -0.15) is 5.26 Å². The summed E-state index contributed by atoms with van der Waals surface area (Å²) in [7, 11) is 0. The molecule has 0 saturated heterocycles. The summed E-state index contributed by atoms with van der Waals surface area (Å²) < 4.78 is 18.8. The van der Waals surface area contributed by atoms with Crippen LogP contribution in [0.15, 0.2) is 18.2 Å². The van der Waals surface area contributed by atoms with Crippen LogP contribution in [-0.4, -0.2) is 6.10 Å². The maximum atomic E-state index is 13.6. The molecule has 0 aliphatic heterocycles. The van der Waals surface area contributed by atoms with Crippen LogP contribution in [0.25, 0.3) is 0 Å². The maximum absolute atomic E-state index is 13.6. The molecule has 0 bridgehead atoms. The first-order chi connectivity index (χ1) is 7.58. The summed E-state index contributed by atoms with van der Waals surface area (Å²) in [6.45, 7) is 3.58. The van der Waals surface area contributed by atoms with Gasteiger partial charge in [0.05, 0.1) is 0 Å². The minimum absolute atomic E-state index is 0.0952. The third kappa shape index (κ3) is 2.94. The fourth-order valence-electron chi connectivity index (χ4n) is 1.25. The second kappa shape index (κ2) is 5.47. The van der Waals surface area contributed by atoms with E-state index < -0.39 is 11.9 Å². The first-order valence-corrected chi connectivity index (χ1v) is 5.19. The van der Waals surface area contributed by atoms with E-state index in [4.69, 9.17) is 15.7 Å². The van der Waals surface area contributed by atoms with Gasteiger partial charge in [-0.25, -0.2) is 4.39 Å². The highest BCUT2D eigenvalue weighted by molar-refractivity contribution is 5.31. The molecule has 2 N–H and O–H groups in total. The van der Waals surface area contributed by atoms with Gasteiger partial charge in [-0.1, -0.05) is 13.0 Å². The van der Waals surface area contributed by atoms with E-state index in [9.17, 15) is 4.39 Å². The fraction of sp³-hybridized carbons (Fsp3) is 0.417. The molecule has 2 atom stereocenters. The molecule has 0 aliphatic rings. The van der Waals surface area contributed by atoms with Crippen LogP contribution in [0.2, 0.25) is 0 Å². The number of halogens is 1. The van der Waals surface area contributed by atoms with Crippen LogP contribution >= 0.6 is 0 Å². The monoisotopic (exact) mass is 222 g/mol. The van der Waals surface area contributed by atoms with Crippen molar-refractivity contribution < 1.29 is 9.13 Å². The Morgan fingerprint density at radius 1 is 1.56 bits per heavy atom. The van der Waals surface area contributed by atoms with Crippen LogP contribution in [0.5, 0.6) is 5.75 Å². The van der Waals surface area contributed by atoms with E-state index in [0.717, 1.165) is 0 Å². The average molecular weight is 222 g/mol. The molecular weight excluding hydrogens is 207 g/mol. The number of benzene rings is 1. The van der Waals surface area contributed by atoms with Gasteiger partial charge in [-0.15, -0.1) is 0 Å². The minimum Gasteiger partial charge on any atom is -0.473 e. The van der Waals surface area contributed by atoms with Crippen molar-refractivity contribution in [3.63, 3.8) is 0 Å². The highest BCUT2D eigenvalue weighted by atomic mass is 19.1. The molecule has 0 saturated carbocycles. The summed E-state index contributed by atoms with van der Waals surface area (Å²) in [5.74, 6) is -0.388. The Hall–Kier alpha value is -1.60. The lowest BCUT2D eigenvalue weighted by molar-refractivity contribution is 0.240. The van der Waals surface area contributed by atoms with Crippen LogP contribution in [-0.2, 0) is 0 Å². The second-order valence-electron chi connectivity index (χ2n) is 3.62. The summed E-state index contributed by atoms with van der Waals surface area (Å²) in [6.07, 6.45) is -0.0963. The number of hydrogen-bond donors (Lipinski definition) is 1. The van der Waals surface area contributed by atoms with Gasteiger partial charge in [0.15, 0.2) is 17.7 Å². The first kappa shape index (κ1) is 12.5. The van der Waals surface area contributed by atoms with Crippen LogP contribution in [0.4, 0.5) is 4.39 Å². The van der Waals surface area contributed by atoms with Crippen molar-refractivity contribution in [3.8, 4) is 11.8 Å². The Morgan fingerprint density at radius 2 is 2.25 bits per heavy atom. The Bertz CT molecular complexity index is 398. The highest BCUT2D eigenvalue weighted by Gasteiger charge is 2.11. The summed E-state index contributed by atoms with van der Waals surface area (Å²) in [5.41, 5.74) is 6.33. The summed E-state index contributed by atoms with van der Waals surface area (Å²) in [4.78, 5) is 0. The van der Waals surface area contributed by atoms with Crippen molar-refractivity contribution in [1.29, 1.82) is 5.26 Å². The van der Waals surface area contributed by atoms with Gasteiger partial charge in [0.2, 0.25) is 0 Å². The predicted octanol–water partition coefficient (Wildman–Crippen LogP) is 2.53. The van der Waals surface area contributed by atoms with Gasteiger partial charge >= 0.3 is 0 Å². The summed E-state index contributed by atoms with van der Waals surface area (Å²) in [5, 5.41) is 8.70. The molecule has 1 unspecified atom stereocenters. The normalized spacial score (nSPS) is 13.9. The molecule has 0 aliphatic carbocycles. The van der Waals surface area contributed by atoms with Crippen molar-refractivity contribution in [3.05, 3.63) is 29.6 Å². The molecule has 0 heterocycles. The van der Waals surface area contributed by atoms with Crippen LogP contribution in [0.1, 0.15) is 31.9 Å². The van der Waals surface area contributed by atoms with E-state index >= 15 is 0 Å². The largest absolute Gasteiger partial charge is 0.473 e. The van der Waals surface area contributed by atoms with Crippen molar-refractivity contribution in [2.75, 3.05) is 0 Å². The van der Waals surface area contributed by atoms with Crippen LogP contribution < -0.4 is 10.5 Å². The van der Waals surface area contributed by atoms with Crippen molar-refractivity contribution in [1.82, 2.24) is 0 Å². The van der Waals surface area contributed by atoms with Gasteiger partial charge in [-0.3, -0.25) is 0 Å². The van der Waals surface area contributed by atoms with Gasteiger partial charge in [0, 0.05) is 6.04 Å². The second-order valence-corrected chi connectivity index (χ2v) is 3.62. The molecule has 0 spiro atoms. The van der Waals surface area contributed by atoms with Gasteiger partial charge in [-0.05, 0) is 31.0 Å². The van der Waals surface area contributed by atoms with Crippen molar-refractivity contribution >= 4 is 0 Å². The zero-order valence-corrected chi connectivity index (χ0v) is 9.40. The lowest BCUT2D eigenvalue weighted by Gasteiger charge is -2.12. The predicted molar refractivity (Wildman–Crippen MR) is 59.3 cm³/mol. The number of ether oxygens (including phenoxy) is 1. The quantitative estimate of drug-likeness (QED) is 0.851. The molecular formula is C12H15FN2O. The smallest absolute Gasteiger partial charge is 0.184 e. The molecule has 0 aromatic heterocycles. The molecule has 0 fully saturated rings. The summed E-state index contributed by atoms with van der Waals surface area (Å²) >= 11 is 0. The lowest BCUT2D eigenvalue weighted by Crippen LogP contribution is -2.13. The molecule has 0 radical (unpaired) electrons. The Balaban J connectivity index is 2.87. The molecule has 0 amide bonds. The standard InChI is InChI=1S/C12H15FN2O/c1-3-10(7-14)16-12-5-4-9(8(2)15)6-11(12)13/h4-6,8,10H,3,15H2,1-2H3/t8-,10?/m0/s1. The Kier molecular flexibility index (Phi) is 4.27. The van der Waals surface area contributed by atoms with E-state index in [1.165, 1.54) is 12.1 Å².